The molecule has 0 radical (unpaired) electrons. The van der Waals surface area contributed by atoms with Gasteiger partial charge in [-0.2, -0.15) is 5.10 Å². The van der Waals surface area contributed by atoms with Crippen LogP contribution in [0.5, 0.6) is 5.88 Å². The molecule has 3 heterocycles. The summed E-state index contributed by atoms with van der Waals surface area (Å²) in [5.74, 6) is 1.80. The molecule has 0 spiro atoms. The highest BCUT2D eigenvalue weighted by atomic mass is 16.5. The van der Waals surface area contributed by atoms with Crippen molar-refractivity contribution < 1.29 is 9.53 Å². The maximum absolute atomic E-state index is 12.9. The van der Waals surface area contributed by atoms with Gasteiger partial charge in [-0.1, -0.05) is 32.0 Å². The van der Waals surface area contributed by atoms with E-state index in [1.807, 2.05) is 35.2 Å². The van der Waals surface area contributed by atoms with Crippen LogP contribution >= 0.6 is 0 Å². The minimum absolute atomic E-state index is 0.0410. The van der Waals surface area contributed by atoms with Gasteiger partial charge in [-0.3, -0.25) is 9.89 Å². The summed E-state index contributed by atoms with van der Waals surface area (Å²) in [6, 6.07) is 9.54. The number of carbonyl (C=O) groups is 1. The summed E-state index contributed by atoms with van der Waals surface area (Å²) >= 11 is 0. The van der Waals surface area contributed by atoms with E-state index in [0.29, 0.717) is 50.3 Å². The summed E-state index contributed by atoms with van der Waals surface area (Å²) in [6.45, 7) is 7.46. The number of nitrogens with zero attached hydrogens (tertiary/aromatic N) is 5. The number of aromatic nitrogens is 4. The predicted octanol–water partition coefficient (Wildman–Crippen LogP) is 2.35. The van der Waals surface area contributed by atoms with Crippen molar-refractivity contribution in [2.24, 2.45) is 5.92 Å². The first-order valence-electron chi connectivity index (χ1n) is 9.54. The van der Waals surface area contributed by atoms with Crippen molar-refractivity contribution in [3.63, 3.8) is 0 Å². The number of hydrogen-bond acceptors (Lipinski definition) is 6. The van der Waals surface area contributed by atoms with Crippen LogP contribution in [0.1, 0.15) is 24.3 Å². The third kappa shape index (κ3) is 3.76. The van der Waals surface area contributed by atoms with E-state index < -0.39 is 0 Å². The van der Waals surface area contributed by atoms with Crippen molar-refractivity contribution in [2.75, 3.05) is 37.7 Å². The fraction of sp³-hybridized carbons (Fsp3) is 0.400. The van der Waals surface area contributed by atoms with Gasteiger partial charge in [-0.25, -0.2) is 9.97 Å². The Balaban J connectivity index is 1.41. The highest BCUT2D eigenvalue weighted by Gasteiger charge is 2.25. The second-order valence-corrected chi connectivity index (χ2v) is 7.32. The maximum atomic E-state index is 12.9. The van der Waals surface area contributed by atoms with Gasteiger partial charge in [-0.15, -0.1) is 0 Å². The average molecular weight is 380 g/mol. The number of piperazine rings is 1. The van der Waals surface area contributed by atoms with E-state index in [1.54, 1.807) is 0 Å². The largest absolute Gasteiger partial charge is 0.477 e. The van der Waals surface area contributed by atoms with Crippen LogP contribution in [-0.2, 0) is 0 Å². The molecule has 0 aliphatic carbocycles. The van der Waals surface area contributed by atoms with E-state index >= 15 is 0 Å². The van der Waals surface area contributed by atoms with Gasteiger partial charge in [0.2, 0.25) is 5.88 Å². The smallest absolute Gasteiger partial charge is 0.275 e. The predicted molar refractivity (Wildman–Crippen MR) is 107 cm³/mol. The third-order valence-electron chi connectivity index (χ3n) is 4.76. The lowest BCUT2D eigenvalue weighted by atomic mass is 10.2. The second kappa shape index (κ2) is 7.84. The lowest BCUT2D eigenvalue weighted by Gasteiger charge is -2.35. The highest BCUT2D eigenvalue weighted by Crippen LogP contribution is 2.21. The van der Waals surface area contributed by atoms with E-state index in [4.69, 9.17) is 4.74 Å². The molecule has 1 aliphatic heterocycles. The van der Waals surface area contributed by atoms with E-state index in [9.17, 15) is 4.79 Å². The molecule has 1 aliphatic rings. The quantitative estimate of drug-likeness (QED) is 0.731. The number of amides is 1. The van der Waals surface area contributed by atoms with Gasteiger partial charge in [0.25, 0.3) is 5.91 Å². The Labute approximate surface area is 163 Å². The van der Waals surface area contributed by atoms with E-state index in [-0.39, 0.29) is 5.91 Å². The maximum Gasteiger partial charge on any atom is 0.275 e. The number of ether oxygens (including phenoxy) is 1. The second-order valence-electron chi connectivity index (χ2n) is 7.32. The Hall–Kier alpha value is -3.16. The minimum atomic E-state index is -0.0410. The number of nitrogens with one attached hydrogen (secondary N) is 1. The van der Waals surface area contributed by atoms with E-state index in [2.05, 4.69) is 38.9 Å². The van der Waals surface area contributed by atoms with E-state index in [1.165, 1.54) is 6.33 Å². The number of para-hydroxylation sites is 1. The van der Waals surface area contributed by atoms with Gasteiger partial charge < -0.3 is 14.5 Å². The zero-order valence-corrected chi connectivity index (χ0v) is 16.1. The van der Waals surface area contributed by atoms with Crippen LogP contribution in [0.2, 0.25) is 0 Å². The number of fused-ring (bicyclic) bond motifs is 1. The molecule has 1 N–H and O–H groups in total. The average Bonchev–Trinajstić information content (AvgIpc) is 3.16. The molecule has 1 aromatic carbocycles. The number of hydrogen-bond donors (Lipinski definition) is 1. The molecule has 1 saturated heterocycles. The van der Waals surface area contributed by atoms with Crippen LogP contribution in [0.15, 0.2) is 36.7 Å². The van der Waals surface area contributed by atoms with Crippen molar-refractivity contribution in [2.45, 2.75) is 13.8 Å². The van der Waals surface area contributed by atoms with Crippen LogP contribution in [0.3, 0.4) is 0 Å². The molecule has 0 atom stereocenters. The zero-order valence-electron chi connectivity index (χ0n) is 16.1. The zero-order chi connectivity index (χ0) is 19.5. The van der Waals surface area contributed by atoms with Crippen LogP contribution in [0.4, 0.5) is 5.82 Å². The Morgan fingerprint density at radius 1 is 1.18 bits per heavy atom. The fourth-order valence-corrected chi connectivity index (χ4v) is 3.25. The van der Waals surface area contributed by atoms with Crippen LogP contribution in [0, 0.1) is 5.92 Å². The normalized spacial score (nSPS) is 14.7. The summed E-state index contributed by atoms with van der Waals surface area (Å²) < 4.78 is 5.69. The molecule has 146 valence electrons. The van der Waals surface area contributed by atoms with Crippen LogP contribution < -0.4 is 9.64 Å². The molecule has 2 aromatic heterocycles. The fourth-order valence-electron chi connectivity index (χ4n) is 3.25. The Bertz CT molecular complexity index is 962. The van der Waals surface area contributed by atoms with Crippen molar-refractivity contribution in [1.29, 1.82) is 0 Å². The number of H-pyrrole nitrogens is 1. The number of carbonyl (C=O) groups excluding carboxylic acids is 1. The van der Waals surface area contributed by atoms with Crippen molar-refractivity contribution in [3.05, 3.63) is 42.4 Å². The first kappa shape index (κ1) is 18.2. The summed E-state index contributed by atoms with van der Waals surface area (Å²) in [4.78, 5) is 25.4. The standard InChI is InChI=1S/C20H24N6O2/c1-14(2)12-28-18-11-17(21-13-22-18)25-7-9-26(10-8-25)20(27)19-15-5-3-4-6-16(15)23-24-19/h3-6,11,13-14H,7-10,12H2,1-2H3,(H,23,24). The van der Waals surface area contributed by atoms with Gasteiger partial charge in [-0.05, 0) is 12.0 Å². The minimum Gasteiger partial charge on any atom is -0.477 e. The summed E-state index contributed by atoms with van der Waals surface area (Å²) in [6.07, 6.45) is 1.53. The number of rotatable bonds is 5. The first-order chi connectivity index (χ1) is 13.6. The van der Waals surface area contributed by atoms with Gasteiger partial charge in [0.15, 0.2) is 5.69 Å². The molecule has 1 amide bonds. The molecular formula is C20H24N6O2. The number of anilines is 1. The van der Waals surface area contributed by atoms with Gasteiger partial charge in [0.1, 0.15) is 12.1 Å². The summed E-state index contributed by atoms with van der Waals surface area (Å²) in [5, 5.41) is 8.02. The highest BCUT2D eigenvalue weighted by molar-refractivity contribution is 6.04. The molecule has 28 heavy (non-hydrogen) atoms. The molecule has 4 rings (SSSR count). The van der Waals surface area contributed by atoms with Crippen molar-refractivity contribution in [1.82, 2.24) is 25.1 Å². The molecule has 1 fully saturated rings. The molecule has 8 nitrogen and oxygen atoms in total. The van der Waals surface area contributed by atoms with Crippen LogP contribution in [-0.4, -0.2) is 63.8 Å². The molecule has 0 saturated carbocycles. The van der Waals surface area contributed by atoms with Crippen molar-refractivity contribution in [3.8, 4) is 5.88 Å². The lowest BCUT2D eigenvalue weighted by Crippen LogP contribution is -2.49. The SMILES string of the molecule is CC(C)COc1cc(N2CCN(C(=O)c3n[nH]c4ccccc34)CC2)ncn1. The number of aromatic amines is 1. The molecular weight excluding hydrogens is 356 g/mol. The first-order valence-corrected chi connectivity index (χ1v) is 9.54. The number of benzene rings is 1. The summed E-state index contributed by atoms with van der Waals surface area (Å²) in [5.41, 5.74) is 1.36. The Morgan fingerprint density at radius 3 is 2.75 bits per heavy atom. The molecule has 8 heteroatoms. The molecule has 0 bridgehead atoms. The third-order valence-corrected chi connectivity index (χ3v) is 4.76. The molecule has 0 unspecified atom stereocenters. The van der Waals surface area contributed by atoms with Crippen molar-refractivity contribution >= 4 is 22.6 Å². The van der Waals surface area contributed by atoms with Gasteiger partial charge in [0, 0.05) is 37.6 Å². The lowest BCUT2D eigenvalue weighted by molar-refractivity contribution is 0.0742. The van der Waals surface area contributed by atoms with Crippen LogP contribution in [0.25, 0.3) is 10.9 Å². The van der Waals surface area contributed by atoms with Gasteiger partial charge in [0.05, 0.1) is 12.1 Å². The molecule has 3 aromatic rings. The topological polar surface area (TPSA) is 87.2 Å². The Morgan fingerprint density at radius 2 is 1.96 bits per heavy atom. The van der Waals surface area contributed by atoms with E-state index in [0.717, 1.165) is 16.7 Å². The monoisotopic (exact) mass is 380 g/mol. The summed E-state index contributed by atoms with van der Waals surface area (Å²) in [7, 11) is 0. The van der Waals surface area contributed by atoms with Gasteiger partial charge >= 0.3 is 0 Å². The Kier molecular flexibility index (Phi) is 5.10.